The largest absolute Gasteiger partial charge is 0.444 e. The Hall–Kier alpha value is -2.19. The Morgan fingerprint density at radius 1 is 0.833 bits per heavy atom. The SMILES string of the molecule is CC(C)(C)OC(=O)N1CCN([C@@H]2COC[C@@H]2O[Si](c2ccccc2)(c2ccccc2)C(C)(C)C)CC1. The van der Waals surface area contributed by atoms with E-state index >= 15 is 0 Å². The van der Waals surface area contributed by atoms with Gasteiger partial charge in [-0.3, -0.25) is 4.90 Å². The molecule has 0 unspecified atom stereocenters. The Kier molecular flexibility index (Phi) is 7.95. The van der Waals surface area contributed by atoms with Crippen molar-refractivity contribution in [2.45, 2.75) is 64.3 Å². The minimum atomic E-state index is -2.67. The van der Waals surface area contributed by atoms with Crippen LogP contribution in [0.1, 0.15) is 41.5 Å². The first kappa shape index (κ1) is 26.9. The second-order valence-corrected chi connectivity index (χ2v) is 16.2. The summed E-state index contributed by atoms with van der Waals surface area (Å²) >= 11 is 0. The molecule has 0 N–H and O–H groups in total. The predicted octanol–water partition coefficient (Wildman–Crippen LogP) is 3.88. The van der Waals surface area contributed by atoms with Crippen molar-refractivity contribution in [3.05, 3.63) is 60.7 Å². The van der Waals surface area contributed by atoms with E-state index in [2.05, 4.69) is 86.3 Å². The number of carbonyl (C=O) groups is 1. The fourth-order valence-electron chi connectivity index (χ4n) is 5.46. The number of piperazine rings is 1. The van der Waals surface area contributed by atoms with Gasteiger partial charge in [-0.2, -0.15) is 0 Å². The lowest BCUT2D eigenvalue weighted by Crippen LogP contribution is -2.69. The van der Waals surface area contributed by atoms with Crippen molar-refractivity contribution in [2.24, 2.45) is 0 Å². The smallest absolute Gasteiger partial charge is 0.410 e. The molecule has 2 aliphatic heterocycles. The summed E-state index contributed by atoms with van der Waals surface area (Å²) in [5.74, 6) is 0. The fraction of sp³-hybridized carbons (Fsp3) is 0.552. The first-order valence-electron chi connectivity index (χ1n) is 13.1. The summed E-state index contributed by atoms with van der Waals surface area (Å²) < 4.78 is 19.0. The molecule has 0 spiro atoms. The third kappa shape index (κ3) is 5.69. The van der Waals surface area contributed by atoms with Crippen LogP contribution in [-0.2, 0) is 13.9 Å². The van der Waals surface area contributed by atoms with E-state index in [0.717, 1.165) is 13.1 Å². The second-order valence-electron chi connectivity index (χ2n) is 11.9. The minimum Gasteiger partial charge on any atom is -0.444 e. The lowest BCUT2D eigenvalue weighted by atomic mass is 10.1. The monoisotopic (exact) mass is 510 g/mol. The van der Waals surface area contributed by atoms with Gasteiger partial charge in [0.15, 0.2) is 0 Å². The third-order valence-corrected chi connectivity index (χ3v) is 12.2. The Labute approximate surface area is 217 Å². The van der Waals surface area contributed by atoms with Crippen molar-refractivity contribution < 1.29 is 18.7 Å². The highest BCUT2D eigenvalue weighted by atomic mass is 28.4. The summed E-state index contributed by atoms with van der Waals surface area (Å²) in [5.41, 5.74) is -0.484. The Bertz CT molecular complexity index is 956. The molecule has 7 heteroatoms. The molecule has 36 heavy (non-hydrogen) atoms. The summed E-state index contributed by atoms with van der Waals surface area (Å²) in [6.07, 6.45) is -0.269. The molecule has 0 saturated carbocycles. The fourth-order valence-corrected chi connectivity index (χ4v) is 10.2. The quantitative estimate of drug-likeness (QED) is 0.572. The van der Waals surface area contributed by atoms with Crippen molar-refractivity contribution in [1.82, 2.24) is 9.80 Å². The van der Waals surface area contributed by atoms with E-state index < -0.39 is 13.9 Å². The highest BCUT2D eigenvalue weighted by molar-refractivity contribution is 6.99. The van der Waals surface area contributed by atoms with Crippen LogP contribution in [0, 0.1) is 0 Å². The topological polar surface area (TPSA) is 51.2 Å². The Morgan fingerprint density at radius 2 is 1.36 bits per heavy atom. The summed E-state index contributed by atoms with van der Waals surface area (Å²) in [6.45, 7) is 16.8. The van der Waals surface area contributed by atoms with E-state index in [4.69, 9.17) is 13.9 Å². The standard InChI is InChI=1S/C29H42N2O4Si/c1-28(2,3)34-27(32)31-19-17-30(18-20-31)25-21-33-22-26(25)35-36(29(4,5)6,23-13-9-7-10-14-23)24-15-11-8-12-16-24/h7-16,25-26H,17-22H2,1-6H3/t25-,26+/m1/s1. The van der Waals surface area contributed by atoms with Crippen LogP contribution >= 0.6 is 0 Å². The van der Waals surface area contributed by atoms with E-state index in [1.165, 1.54) is 10.4 Å². The molecule has 2 fully saturated rings. The predicted molar refractivity (Wildman–Crippen MR) is 146 cm³/mol. The highest BCUT2D eigenvalue weighted by Crippen LogP contribution is 2.38. The molecule has 0 aliphatic carbocycles. The van der Waals surface area contributed by atoms with Crippen LogP contribution in [0.2, 0.25) is 5.04 Å². The number of hydrogen-bond acceptors (Lipinski definition) is 5. The zero-order chi connectivity index (χ0) is 26.0. The van der Waals surface area contributed by atoms with Gasteiger partial charge < -0.3 is 18.8 Å². The van der Waals surface area contributed by atoms with Gasteiger partial charge in [-0.25, -0.2) is 4.79 Å². The van der Waals surface area contributed by atoms with Gasteiger partial charge in [0.25, 0.3) is 8.32 Å². The van der Waals surface area contributed by atoms with Gasteiger partial charge in [0, 0.05) is 26.2 Å². The molecular weight excluding hydrogens is 468 g/mol. The summed E-state index contributed by atoms with van der Waals surface area (Å²) in [5, 5.41) is 2.48. The summed E-state index contributed by atoms with van der Waals surface area (Å²) in [4.78, 5) is 16.8. The van der Waals surface area contributed by atoms with Crippen molar-refractivity contribution in [3.8, 4) is 0 Å². The van der Waals surface area contributed by atoms with Gasteiger partial charge in [0.2, 0.25) is 0 Å². The molecule has 2 aromatic carbocycles. The van der Waals surface area contributed by atoms with Crippen LogP contribution in [0.15, 0.2) is 60.7 Å². The molecule has 2 atom stereocenters. The van der Waals surface area contributed by atoms with Gasteiger partial charge >= 0.3 is 6.09 Å². The molecule has 4 rings (SSSR count). The molecule has 0 radical (unpaired) electrons. The molecule has 2 saturated heterocycles. The molecule has 2 aromatic rings. The number of carbonyl (C=O) groups excluding carboxylic acids is 1. The van der Waals surface area contributed by atoms with Crippen molar-refractivity contribution in [1.29, 1.82) is 0 Å². The number of ether oxygens (including phenoxy) is 2. The minimum absolute atomic E-state index is 0.0376. The molecule has 196 valence electrons. The maximum Gasteiger partial charge on any atom is 0.410 e. The van der Waals surface area contributed by atoms with Crippen LogP contribution in [0.5, 0.6) is 0 Å². The molecule has 6 nitrogen and oxygen atoms in total. The molecular formula is C29H42N2O4Si. The number of benzene rings is 2. The molecule has 0 aromatic heterocycles. The van der Waals surface area contributed by atoms with E-state index in [-0.39, 0.29) is 23.3 Å². The number of nitrogens with zero attached hydrogens (tertiary/aromatic N) is 2. The summed E-state index contributed by atoms with van der Waals surface area (Å²) in [7, 11) is -2.67. The van der Waals surface area contributed by atoms with Crippen LogP contribution in [0.3, 0.4) is 0 Å². The molecule has 1 amide bonds. The van der Waals surface area contributed by atoms with Crippen LogP contribution < -0.4 is 10.4 Å². The van der Waals surface area contributed by atoms with Crippen LogP contribution in [0.4, 0.5) is 4.79 Å². The first-order valence-corrected chi connectivity index (χ1v) is 15.0. The zero-order valence-corrected chi connectivity index (χ0v) is 23.7. The van der Waals surface area contributed by atoms with Crippen molar-refractivity contribution in [2.75, 3.05) is 39.4 Å². The Balaban J connectivity index is 1.57. The van der Waals surface area contributed by atoms with Crippen molar-refractivity contribution in [3.63, 3.8) is 0 Å². The highest BCUT2D eigenvalue weighted by Gasteiger charge is 2.53. The van der Waals surface area contributed by atoms with E-state index in [9.17, 15) is 4.79 Å². The van der Waals surface area contributed by atoms with Gasteiger partial charge in [0.05, 0.1) is 25.4 Å². The molecule has 2 heterocycles. The number of hydrogen-bond donors (Lipinski definition) is 0. The van der Waals surface area contributed by atoms with Gasteiger partial charge in [-0.1, -0.05) is 81.4 Å². The van der Waals surface area contributed by atoms with Crippen LogP contribution in [-0.4, -0.2) is 81.4 Å². The third-order valence-electron chi connectivity index (χ3n) is 7.18. The van der Waals surface area contributed by atoms with Gasteiger partial charge in [0.1, 0.15) is 5.60 Å². The normalized spacial score (nSPS) is 22.0. The number of amides is 1. The maximum atomic E-state index is 12.6. The first-order chi connectivity index (χ1) is 17.0. The molecule has 2 aliphatic rings. The van der Waals surface area contributed by atoms with E-state index in [0.29, 0.717) is 26.3 Å². The average Bonchev–Trinajstić information content (AvgIpc) is 3.30. The van der Waals surface area contributed by atoms with Gasteiger partial charge in [-0.15, -0.1) is 0 Å². The Morgan fingerprint density at radius 3 is 1.83 bits per heavy atom. The van der Waals surface area contributed by atoms with Crippen molar-refractivity contribution >= 4 is 24.8 Å². The van der Waals surface area contributed by atoms with Crippen LogP contribution in [0.25, 0.3) is 0 Å². The lowest BCUT2D eigenvalue weighted by Gasteiger charge is -2.47. The number of rotatable bonds is 5. The summed E-state index contributed by atoms with van der Waals surface area (Å²) in [6, 6.07) is 21.7. The lowest BCUT2D eigenvalue weighted by molar-refractivity contribution is 0.00421. The molecule has 0 bridgehead atoms. The average molecular weight is 511 g/mol. The van der Waals surface area contributed by atoms with E-state index in [1.54, 1.807) is 0 Å². The zero-order valence-electron chi connectivity index (χ0n) is 22.7. The van der Waals surface area contributed by atoms with Gasteiger partial charge in [-0.05, 0) is 36.2 Å². The maximum absolute atomic E-state index is 12.6. The van der Waals surface area contributed by atoms with E-state index in [1.807, 2.05) is 25.7 Å². The second kappa shape index (κ2) is 10.7.